The van der Waals surface area contributed by atoms with E-state index in [-0.39, 0.29) is 23.4 Å². The molecule has 35 heavy (non-hydrogen) atoms. The number of rotatable bonds is 6. The number of nitrogens with one attached hydrogen (secondary N) is 2. The second kappa shape index (κ2) is 9.93. The van der Waals surface area contributed by atoms with Gasteiger partial charge in [-0.2, -0.15) is 15.0 Å². The lowest BCUT2D eigenvalue weighted by molar-refractivity contribution is 0.102. The number of piperidine rings is 1. The van der Waals surface area contributed by atoms with Crippen LogP contribution in [0.2, 0.25) is 5.02 Å². The molecule has 10 nitrogen and oxygen atoms in total. The highest BCUT2D eigenvalue weighted by molar-refractivity contribution is 6.30. The van der Waals surface area contributed by atoms with Crippen LogP contribution >= 0.6 is 11.6 Å². The Bertz CT molecular complexity index is 1210. The van der Waals surface area contributed by atoms with E-state index < -0.39 is 0 Å². The molecule has 2 aliphatic rings. The third-order valence-corrected chi connectivity index (χ3v) is 6.30. The van der Waals surface area contributed by atoms with E-state index in [1.54, 1.807) is 36.4 Å². The summed E-state index contributed by atoms with van der Waals surface area (Å²) >= 11 is 5.88. The number of anilines is 5. The van der Waals surface area contributed by atoms with Crippen molar-refractivity contribution in [3.05, 3.63) is 53.1 Å². The standard InChI is InChI=1S/C24H27ClN8O2/c25-16-6-4-15(5-7-16)21(35)28-19-9-8-18(12-20(19)34)27-22-29-23(32-10-2-1-3-11-32)31-24(30-22)33-13-17(26)14-33/h4-9,12,17,34H,1-3,10-11,13-14,26H2,(H,28,35)(H,27,29,30,31). The first-order chi connectivity index (χ1) is 16.9. The van der Waals surface area contributed by atoms with E-state index in [2.05, 4.69) is 30.5 Å². The quantitative estimate of drug-likeness (QED) is 0.380. The predicted molar refractivity (Wildman–Crippen MR) is 137 cm³/mol. The van der Waals surface area contributed by atoms with Gasteiger partial charge in [-0.15, -0.1) is 0 Å². The third-order valence-electron chi connectivity index (χ3n) is 6.05. The van der Waals surface area contributed by atoms with E-state index in [1.807, 2.05) is 4.90 Å². The van der Waals surface area contributed by atoms with Crippen LogP contribution in [0.4, 0.5) is 29.2 Å². The number of halogens is 1. The van der Waals surface area contributed by atoms with Crippen LogP contribution in [0, 0.1) is 0 Å². The van der Waals surface area contributed by atoms with Gasteiger partial charge in [0, 0.05) is 54.6 Å². The first-order valence-electron chi connectivity index (χ1n) is 11.6. The number of aromatic hydroxyl groups is 1. The molecule has 0 radical (unpaired) electrons. The zero-order chi connectivity index (χ0) is 24.4. The van der Waals surface area contributed by atoms with Crippen LogP contribution in [0.3, 0.4) is 0 Å². The maximum Gasteiger partial charge on any atom is 0.255 e. The van der Waals surface area contributed by atoms with E-state index in [4.69, 9.17) is 17.3 Å². The van der Waals surface area contributed by atoms with Crippen LogP contribution < -0.4 is 26.2 Å². The molecule has 0 saturated carbocycles. The molecule has 0 bridgehead atoms. The smallest absolute Gasteiger partial charge is 0.255 e. The van der Waals surface area contributed by atoms with Crippen molar-refractivity contribution >= 4 is 46.7 Å². The number of hydrogen-bond acceptors (Lipinski definition) is 9. The van der Waals surface area contributed by atoms with Gasteiger partial charge in [0.25, 0.3) is 5.91 Å². The van der Waals surface area contributed by atoms with Crippen LogP contribution in [-0.2, 0) is 0 Å². The van der Waals surface area contributed by atoms with Crippen molar-refractivity contribution in [1.82, 2.24) is 15.0 Å². The highest BCUT2D eigenvalue weighted by Gasteiger charge is 2.27. The topological polar surface area (TPSA) is 133 Å². The van der Waals surface area contributed by atoms with E-state index in [0.717, 1.165) is 25.9 Å². The molecule has 0 spiro atoms. The molecule has 0 atom stereocenters. The Kier molecular flexibility index (Phi) is 6.56. The molecule has 0 unspecified atom stereocenters. The molecule has 5 rings (SSSR count). The van der Waals surface area contributed by atoms with Gasteiger partial charge in [-0.05, 0) is 55.7 Å². The van der Waals surface area contributed by atoms with Gasteiger partial charge in [0.05, 0.1) is 5.69 Å². The monoisotopic (exact) mass is 494 g/mol. The van der Waals surface area contributed by atoms with Gasteiger partial charge >= 0.3 is 0 Å². The summed E-state index contributed by atoms with van der Waals surface area (Å²) in [6.07, 6.45) is 3.42. The summed E-state index contributed by atoms with van der Waals surface area (Å²) in [5, 5.41) is 16.9. The molecular weight excluding hydrogens is 468 g/mol. The van der Waals surface area contributed by atoms with Gasteiger partial charge in [-0.25, -0.2) is 0 Å². The number of aromatic nitrogens is 3. The normalized spacial score (nSPS) is 16.1. The molecular formula is C24H27ClN8O2. The Morgan fingerprint density at radius 2 is 1.66 bits per heavy atom. The van der Waals surface area contributed by atoms with Crippen molar-refractivity contribution in [2.45, 2.75) is 25.3 Å². The van der Waals surface area contributed by atoms with Crippen LogP contribution in [0.15, 0.2) is 42.5 Å². The molecule has 182 valence electrons. The maximum atomic E-state index is 12.5. The van der Waals surface area contributed by atoms with Crippen molar-refractivity contribution in [2.24, 2.45) is 5.73 Å². The number of carbonyl (C=O) groups is 1. The predicted octanol–water partition coefficient (Wildman–Crippen LogP) is 3.36. The number of nitrogens with zero attached hydrogens (tertiary/aromatic N) is 5. The van der Waals surface area contributed by atoms with Crippen molar-refractivity contribution in [2.75, 3.05) is 46.6 Å². The van der Waals surface area contributed by atoms with Gasteiger partial charge in [0.1, 0.15) is 5.75 Å². The van der Waals surface area contributed by atoms with Crippen LogP contribution in [0.1, 0.15) is 29.6 Å². The molecule has 3 aromatic rings. The summed E-state index contributed by atoms with van der Waals surface area (Å²) in [4.78, 5) is 30.6. The first-order valence-corrected chi connectivity index (χ1v) is 12.0. The second-order valence-electron chi connectivity index (χ2n) is 8.79. The van der Waals surface area contributed by atoms with Crippen LogP contribution in [0.25, 0.3) is 0 Å². The molecule has 3 heterocycles. The lowest BCUT2D eigenvalue weighted by Gasteiger charge is -2.37. The summed E-state index contributed by atoms with van der Waals surface area (Å²) in [5.74, 6) is 1.17. The van der Waals surface area contributed by atoms with Gasteiger partial charge in [-0.3, -0.25) is 4.79 Å². The van der Waals surface area contributed by atoms with Crippen molar-refractivity contribution < 1.29 is 9.90 Å². The third kappa shape index (κ3) is 5.39. The fourth-order valence-electron chi connectivity index (χ4n) is 4.10. The van der Waals surface area contributed by atoms with Crippen molar-refractivity contribution in [1.29, 1.82) is 0 Å². The fraction of sp³-hybridized carbons (Fsp3) is 0.333. The number of phenols is 1. The molecule has 2 saturated heterocycles. The number of benzene rings is 2. The zero-order valence-corrected chi connectivity index (χ0v) is 19.9. The summed E-state index contributed by atoms with van der Waals surface area (Å²) in [6, 6.07) is 11.5. The van der Waals surface area contributed by atoms with Gasteiger partial charge in [0.2, 0.25) is 17.8 Å². The summed E-state index contributed by atoms with van der Waals surface area (Å²) in [7, 11) is 0. The molecule has 2 aliphatic heterocycles. The average molecular weight is 495 g/mol. The number of phenolic OH excluding ortho intramolecular Hbond substituents is 1. The molecule has 1 aromatic heterocycles. The van der Waals surface area contributed by atoms with Gasteiger partial charge in [-0.1, -0.05) is 11.6 Å². The number of carbonyl (C=O) groups excluding carboxylic acids is 1. The Labute approximate surface area is 208 Å². The molecule has 11 heteroatoms. The minimum absolute atomic E-state index is 0.0865. The maximum absolute atomic E-state index is 12.5. The highest BCUT2D eigenvalue weighted by Crippen LogP contribution is 2.30. The average Bonchev–Trinajstić information content (AvgIpc) is 2.84. The van der Waals surface area contributed by atoms with E-state index in [1.165, 1.54) is 12.5 Å². The SMILES string of the molecule is NC1CN(c2nc(Nc3ccc(NC(=O)c4ccc(Cl)cc4)c(O)c3)nc(N3CCCCC3)n2)C1. The van der Waals surface area contributed by atoms with Crippen molar-refractivity contribution in [3.8, 4) is 5.75 Å². The number of hydrogen-bond donors (Lipinski definition) is 4. The molecule has 5 N–H and O–H groups in total. The van der Waals surface area contributed by atoms with Crippen LogP contribution in [-0.4, -0.2) is 58.2 Å². The number of nitrogens with two attached hydrogens (primary N) is 1. The summed E-state index contributed by atoms with van der Waals surface area (Å²) in [5.41, 5.74) is 7.26. The first kappa shape index (κ1) is 23.1. The lowest BCUT2D eigenvalue weighted by Crippen LogP contribution is -2.56. The Hall–Kier alpha value is -3.63. The molecule has 0 aliphatic carbocycles. The van der Waals surface area contributed by atoms with Crippen LogP contribution in [0.5, 0.6) is 5.75 Å². The summed E-state index contributed by atoms with van der Waals surface area (Å²) < 4.78 is 0. The highest BCUT2D eigenvalue weighted by atomic mass is 35.5. The Balaban J connectivity index is 1.34. The Morgan fingerprint density at radius 3 is 2.31 bits per heavy atom. The fourth-order valence-corrected chi connectivity index (χ4v) is 4.23. The van der Waals surface area contributed by atoms with E-state index >= 15 is 0 Å². The molecule has 2 aromatic carbocycles. The van der Waals surface area contributed by atoms with Gasteiger partial charge < -0.3 is 31.3 Å². The minimum Gasteiger partial charge on any atom is -0.506 e. The van der Waals surface area contributed by atoms with Gasteiger partial charge in [0.15, 0.2) is 0 Å². The zero-order valence-electron chi connectivity index (χ0n) is 19.1. The largest absolute Gasteiger partial charge is 0.506 e. The van der Waals surface area contributed by atoms with Crippen molar-refractivity contribution in [3.63, 3.8) is 0 Å². The summed E-state index contributed by atoms with van der Waals surface area (Å²) in [6.45, 7) is 3.22. The van der Waals surface area contributed by atoms with E-state index in [9.17, 15) is 9.90 Å². The second-order valence-corrected chi connectivity index (χ2v) is 9.23. The number of amides is 1. The minimum atomic E-state index is -0.348. The molecule has 1 amide bonds. The molecule has 2 fully saturated rings. The Morgan fingerprint density at radius 1 is 0.971 bits per heavy atom. The van der Waals surface area contributed by atoms with E-state index in [0.29, 0.717) is 47.2 Å². The lowest BCUT2D eigenvalue weighted by atomic mass is 10.1.